The van der Waals surface area contributed by atoms with Crippen molar-refractivity contribution in [3.05, 3.63) is 65.2 Å². The molecular formula is C18H18F3N3O2S. The molecule has 0 spiro atoms. The number of hydrazine groups is 1. The number of nitrogens with one attached hydrogen (secondary N) is 3. The maximum absolute atomic E-state index is 12.7. The Balaban J connectivity index is 1.77. The summed E-state index contributed by atoms with van der Waals surface area (Å²) in [5, 5.41) is 3.08. The molecule has 1 amide bonds. The predicted molar refractivity (Wildman–Crippen MR) is 98.9 cm³/mol. The summed E-state index contributed by atoms with van der Waals surface area (Å²) >= 11 is 5.04. The zero-order valence-electron chi connectivity index (χ0n) is 14.4. The van der Waals surface area contributed by atoms with E-state index in [4.69, 9.17) is 17.0 Å². The molecule has 0 bridgehead atoms. The highest BCUT2D eigenvalue weighted by atomic mass is 32.1. The highest BCUT2D eigenvalue weighted by Crippen LogP contribution is 2.29. The molecular weight excluding hydrogens is 379 g/mol. The molecule has 0 aromatic heterocycles. The molecule has 2 aromatic rings. The maximum atomic E-state index is 12.7. The molecule has 0 atom stereocenters. The lowest BCUT2D eigenvalue weighted by atomic mass is 10.1. The van der Waals surface area contributed by atoms with Crippen LogP contribution in [0.3, 0.4) is 0 Å². The third kappa shape index (κ3) is 6.78. The van der Waals surface area contributed by atoms with Gasteiger partial charge in [0.15, 0.2) is 5.11 Å². The van der Waals surface area contributed by atoms with Crippen LogP contribution in [0.25, 0.3) is 0 Å². The standard InChI is InChI=1S/C18H18F3N3O2S/c1-26-15-7-5-12(6-8-15)11-22-17(27)24-23-16(25)10-13-3-2-4-14(9-13)18(19,20)21/h2-9H,10-11H2,1H3,(H,23,25)(H2,22,24,27). The van der Waals surface area contributed by atoms with Crippen LogP contribution in [0.1, 0.15) is 16.7 Å². The molecule has 144 valence electrons. The minimum absolute atomic E-state index is 0.184. The second-order valence-corrected chi connectivity index (χ2v) is 5.99. The van der Waals surface area contributed by atoms with Crippen LogP contribution in [-0.4, -0.2) is 18.1 Å². The molecule has 0 aliphatic heterocycles. The number of carbonyl (C=O) groups excluding carboxylic acids is 1. The fraction of sp³-hybridized carbons (Fsp3) is 0.222. The summed E-state index contributed by atoms with van der Waals surface area (Å²) < 4.78 is 43.1. The van der Waals surface area contributed by atoms with Gasteiger partial charge in [0.2, 0.25) is 5.91 Å². The molecule has 9 heteroatoms. The van der Waals surface area contributed by atoms with Crippen LogP contribution in [-0.2, 0) is 23.9 Å². The van der Waals surface area contributed by atoms with Gasteiger partial charge in [0.05, 0.1) is 19.1 Å². The lowest BCUT2D eigenvalue weighted by molar-refractivity contribution is -0.137. The van der Waals surface area contributed by atoms with Gasteiger partial charge < -0.3 is 10.1 Å². The molecule has 0 aliphatic carbocycles. The molecule has 27 heavy (non-hydrogen) atoms. The van der Waals surface area contributed by atoms with Gasteiger partial charge in [-0.2, -0.15) is 13.2 Å². The van der Waals surface area contributed by atoms with E-state index in [1.54, 1.807) is 7.11 Å². The topological polar surface area (TPSA) is 62.4 Å². The van der Waals surface area contributed by atoms with E-state index in [2.05, 4.69) is 16.2 Å². The first kappa shape index (κ1) is 20.5. The van der Waals surface area contributed by atoms with E-state index in [1.807, 2.05) is 24.3 Å². The van der Waals surface area contributed by atoms with Crippen molar-refractivity contribution in [2.45, 2.75) is 19.1 Å². The van der Waals surface area contributed by atoms with Crippen molar-refractivity contribution < 1.29 is 22.7 Å². The van der Waals surface area contributed by atoms with Gasteiger partial charge in [0.1, 0.15) is 5.75 Å². The van der Waals surface area contributed by atoms with Gasteiger partial charge in [-0.3, -0.25) is 15.6 Å². The molecule has 0 saturated heterocycles. The maximum Gasteiger partial charge on any atom is 0.416 e. The Morgan fingerprint density at radius 1 is 1.07 bits per heavy atom. The molecule has 3 N–H and O–H groups in total. The molecule has 0 heterocycles. The number of rotatable bonds is 5. The molecule has 0 radical (unpaired) electrons. The minimum atomic E-state index is -4.45. The van der Waals surface area contributed by atoms with E-state index in [0.29, 0.717) is 6.54 Å². The van der Waals surface area contributed by atoms with Crippen LogP contribution in [0, 0.1) is 0 Å². The van der Waals surface area contributed by atoms with E-state index in [0.717, 1.165) is 23.4 Å². The number of halogens is 3. The molecule has 5 nitrogen and oxygen atoms in total. The number of methoxy groups -OCH3 is 1. The highest BCUT2D eigenvalue weighted by Gasteiger charge is 2.30. The second kappa shape index (κ2) is 9.22. The van der Waals surface area contributed by atoms with Gasteiger partial charge in [0, 0.05) is 6.54 Å². The van der Waals surface area contributed by atoms with E-state index in [1.165, 1.54) is 12.1 Å². The number of hydrogen-bond donors (Lipinski definition) is 3. The summed E-state index contributed by atoms with van der Waals surface area (Å²) in [6.07, 6.45) is -4.66. The first-order valence-corrected chi connectivity index (χ1v) is 8.30. The van der Waals surface area contributed by atoms with Gasteiger partial charge in [-0.15, -0.1) is 0 Å². The molecule has 2 rings (SSSR count). The van der Waals surface area contributed by atoms with Crippen LogP contribution >= 0.6 is 12.2 Å². The minimum Gasteiger partial charge on any atom is -0.497 e. The van der Waals surface area contributed by atoms with Crippen LogP contribution in [0.4, 0.5) is 13.2 Å². The SMILES string of the molecule is COc1ccc(CNC(=S)NNC(=O)Cc2cccc(C(F)(F)F)c2)cc1. The van der Waals surface area contributed by atoms with Crippen molar-refractivity contribution in [2.75, 3.05) is 7.11 Å². The van der Waals surface area contributed by atoms with Gasteiger partial charge in [-0.05, 0) is 41.5 Å². The van der Waals surface area contributed by atoms with Crippen molar-refractivity contribution in [3.63, 3.8) is 0 Å². The largest absolute Gasteiger partial charge is 0.497 e. The summed E-state index contributed by atoms with van der Waals surface area (Å²) in [5.74, 6) is 0.226. The molecule has 0 unspecified atom stereocenters. The first-order chi connectivity index (χ1) is 12.8. The number of hydrogen-bond acceptors (Lipinski definition) is 3. The third-order valence-electron chi connectivity index (χ3n) is 3.55. The summed E-state index contributed by atoms with van der Waals surface area (Å²) in [7, 11) is 1.58. The van der Waals surface area contributed by atoms with Crippen molar-refractivity contribution in [1.82, 2.24) is 16.2 Å². The average molecular weight is 397 g/mol. The third-order valence-corrected chi connectivity index (χ3v) is 3.79. The molecule has 0 fully saturated rings. The van der Waals surface area contributed by atoms with E-state index in [-0.39, 0.29) is 17.1 Å². The smallest absolute Gasteiger partial charge is 0.416 e. The Morgan fingerprint density at radius 3 is 2.41 bits per heavy atom. The summed E-state index contributed by atoms with van der Waals surface area (Å²) in [6, 6.07) is 12.0. The lowest BCUT2D eigenvalue weighted by Gasteiger charge is -2.12. The van der Waals surface area contributed by atoms with E-state index in [9.17, 15) is 18.0 Å². The molecule has 2 aromatic carbocycles. The van der Waals surface area contributed by atoms with Crippen molar-refractivity contribution in [2.24, 2.45) is 0 Å². The predicted octanol–water partition coefficient (Wildman–Crippen LogP) is 2.95. The Labute approximate surface area is 159 Å². The Morgan fingerprint density at radius 2 is 1.78 bits per heavy atom. The van der Waals surface area contributed by atoms with E-state index >= 15 is 0 Å². The number of alkyl halides is 3. The molecule has 0 saturated carbocycles. The number of carbonyl (C=O) groups is 1. The number of amides is 1. The fourth-order valence-corrected chi connectivity index (χ4v) is 2.31. The molecule has 0 aliphatic rings. The Hall–Kier alpha value is -2.81. The van der Waals surface area contributed by atoms with Gasteiger partial charge in [-0.25, -0.2) is 0 Å². The van der Waals surface area contributed by atoms with Crippen LogP contribution in [0.5, 0.6) is 5.75 Å². The van der Waals surface area contributed by atoms with Crippen molar-refractivity contribution >= 4 is 23.2 Å². The number of thiocarbonyl (C=S) groups is 1. The highest BCUT2D eigenvalue weighted by molar-refractivity contribution is 7.80. The number of benzene rings is 2. The monoisotopic (exact) mass is 397 g/mol. The van der Waals surface area contributed by atoms with Crippen LogP contribution in [0.2, 0.25) is 0 Å². The van der Waals surface area contributed by atoms with Gasteiger partial charge >= 0.3 is 6.18 Å². The normalized spacial score (nSPS) is 10.8. The van der Waals surface area contributed by atoms with Crippen LogP contribution < -0.4 is 20.9 Å². The van der Waals surface area contributed by atoms with Gasteiger partial charge in [-0.1, -0.05) is 30.3 Å². The Bertz CT molecular complexity index is 795. The second-order valence-electron chi connectivity index (χ2n) is 5.58. The number of ether oxygens (including phenoxy) is 1. The summed E-state index contributed by atoms with van der Waals surface area (Å²) in [4.78, 5) is 11.9. The lowest BCUT2D eigenvalue weighted by Crippen LogP contribution is -2.47. The first-order valence-electron chi connectivity index (χ1n) is 7.89. The van der Waals surface area contributed by atoms with Crippen molar-refractivity contribution in [3.8, 4) is 5.75 Å². The fourth-order valence-electron chi connectivity index (χ4n) is 2.18. The van der Waals surface area contributed by atoms with Crippen LogP contribution in [0.15, 0.2) is 48.5 Å². The van der Waals surface area contributed by atoms with Crippen molar-refractivity contribution in [1.29, 1.82) is 0 Å². The Kier molecular flexibility index (Phi) is 7.00. The zero-order valence-corrected chi connectivity index (χ0v) is 15.2. The van der Waals surface area contributed by atoms with Gasteiger partial charge in [0.25, 0.3) is 0 Å². The average Bonchev–Trinajstić information content (AvgIpc) is 2.64. The van der Waals surface area contributed by atoms with E-state index < -0.39 is 17.6 Å². The quantitative estimate of drug-likeness (QED) is 0.535. The summed E-state index contributed by atoms with van der Waals surface area (Å²) in [5.41, 5.74) is 5.27. The summed E-state index contributed by atoms with van der Waals surface area (Å²) in [6.45, 7) is 0.430. The zero-order chi connectivity index (χ0) is 19.9.